The molecule has 0 bridgehead atoms. The van der Waals surface area contributed by atoms with Crippen LogP contribution in [0.5, 0.6) is 0 Å². The van der Waals surface area contributed by atoms with Crippen molar-refractivity contribution < 1.29 is 18.3 Å². The van der Waals surface area contributed by atoms with Crippen molar-refractivity contribution >= 4 is 5.95 Å². The lowest BCUT2D eigenvalue weighted by Crippen LogP contribution is -2.44. The van der Waals surface area contributed by atoms with Gasteiger partial charge < -0.3 is 14.9 Å². The highest BCUT2D eigenvalue weighted by Crippen LogP contribution is 2.28. The zero-order valence-corrected chi connectivity index (χ0v) is 12.6. The summed E-state index contributed by atoms with van der Waals surface area (Å²) in [6.07, 6.45) is -0.859. The topological polar surface area (TPSA) is 52.5 Å². The van der Waals surface area contributed by atoms with Crippen molar-refractivity contribution in [1.82, 2.24) is 14.9 Å². The Morgan fingerprint density at radius 1 is 1.36 bits per heavy atom. The first-order chi connectivity index (χ1) is 10.4. The summed E-state index contributed by atoms with van der Waals surface area (Å²) in [4.78, 5) is 11.6. The molecule has 0 amide bonds. The number of hydrogen-bond acceptors (Lipinski definition) is 5. The van der Waals surface area contributed by atoms with Crippen LogP contribution in [0.25, 0.3) is 0 Å². The Kier molecular flexibility index (Phi) is 5.57. The standard InChI is InChI=1S/C14H21F3N4O/c1-20(7-2-10-22)11-4-8-21(9-5-11)13-18-6-3-12(19-13)14(15,16)17/h3,6,11,22H,2,4-5,7-10H2,1H3. The van der Waals surface area contributed by atoms with E-state index in [1.165, 1.54) is 0 Å². The molecule has 1 N–H and O–H groups in total. The van der Waals surface area contributed by atoms with Crippen LogP contribution in [0.15, 0.2) is 12.3 Å². The maximum Gasteiger partial charge on any atom is 0.433 e. The fourth-order valence-electron chi connectivity index (χ4n) is 2.67. The van der Waals surface area contributed by atoms with Crippen LogP contribution in [0.2, 0.25) is 0 Å². The maximum atomic E-state index is 12.7. The van der Waals surface area contributed by atoms with Crippen LogP contribution in [0, 0.1) is 0 Å². The molecule has 2 rings (SSSR count). The Morgan fingerprint density at radius 3 is 2.64 bits per heavy atom. The lowest BCUT2D eigenvalue weighted by atomic mass is 10.0. The van der Waals surface area contributed by atoms with Gasteiger partial charge >= 0.3 is 6.18 Å². The normalized spacial score (nSPS) is 17.3. The van der Waals surface area contributed by atoms with Crippen molar-refractivity contribution in [1.29, 1.82) is 0 Å². The number of nitrogens with zero attached hydrogens (tertiary/aromatic N) is 4. The second kappa shape index (κ2) is 7.23. The molecule has 1 aliphatic rings. The van der Waals surface area contributed by atoms with E-state index in [1.54, 1.807) is 4.90 Å². The largest absolute Gasteiger partial charge is 0.433 e. The van der Waals surface area contributed by atoms with Crippen molar-refractivity contribution in [2.75, 3.05) is 38.2 Å². The number of anilines is 1. The molecule has 0 aromatic carbocycles. The van der Waals surface area contributed by atoms with E-state index in [-0.39, 0.29) is 12.6 Å². The number of aliphatic hydroxyl groups excluding tert-OH is 1. The van der Waals surface area contributed by atoms with Gasteiger partial charge in [0.25, 0.3) is 0 Å². The highest BCUT2D eigenvalue weighted by Gasteiger charge is 2.33. The number of alkyl halides is 3. The number of hydrogen-bond donors (Lipinski definition) is 1. The second-order valence-electron chi connectivity index (χ2n) is 5.52. The average Bonchev–Trinajstić information content (AvgIpc) is 2.52. The van der Waals surface area contributed by atoms with E-state index in [0.717, 1.165) is 38.1 Å². The van der Waals surface area contributed by atoms with Crippen molar-refractivity contribution in [2.24, 2.45) is 0 Å². The first-order valence-corrected chi connectivity index (χ1v) is 7.38. The molecule has 124 valence electrons. The molecule has 1 aromatic rings. The van der Waals surface area contributed by atoms with Gasteiger partial charge in [0.2, 0.25) is 5.95 Å². The monoisotopic (exact) mass is 318 g/mol. The average molecular weight is 318 g/mol. The van der Waals surface area contributed by atoms with E-state index >= 15 is 0 Å². The summed E-state index contributed by atoms with van der Waals surface area (Å²) in [6.45, 7) is 2.26. The van der Waals surface area contributed by atoms with Crippen LogP contribution in [0.3, 0.4) is 0 Å². The molecule has 5 nitrogen and oxygen atoms in total. The third kappa shape index (κ3) is 4.30. The minimum atomic E-state index is -4.44. The molecule has 1 aliphatic heterocycles. The summed E-state index contributed by atoms with van der Waals surface area (Å²) in [5.41, 5.74) is -0.903. The van der Waals surface area contributed by atoms with Crippen LogP contribution in [-0.2, 0) is 6.18 Å². The quantitative estimate of drug-likeness (QED) is 0.897. The Hall–Kier alpha value is -1.41. The highest BCUT2D eigenvalue weighted by molar-refractivity contribution is 5.31. The van der Waals surface area contributed by atoms with Gasteiger partial charge in [-0.1, -0.05) is 0 Å². The SMILES string of the molecule is CN(CCCO)C1CCN(c2nccc(C(F)(F)F)n2)CC1. The zero-order chi connectivity index (χ0) is 16.2. The number of aliphatic hydroxyl groups is 1. The molecule has 1 saturated heterocycles. The maximum absolute atomic E-state index is 12.7. The molecule has 0 atom stereocenters. The molecule has 2 heterocycles. The molecule has 0 spiro atoms. The lowest BCUT2D eigenvalue weighted by molar-refractivity contribution is -0.141. The summed E-state index contributed by atoms with van der Waals surface area (Å²) in [5.74, 6) is 0.145. The molecule has 0 radical (unpaired) electrons. The van der Waals surface area contributed by atoms with Gasteiger partial charge in [-0.05, 0) is 32.4 Å². The summed E-state index contributed by atoms with van der Waals surface area (Å²) < 4.78 is 38.1. The van der Waals surface area contributed by atoms with Gasteiger partial charge in [0.1, 0.15) is 5.69 Å². The van der Waals surface area contributed by atoms with Crippen LogP contribution < -0.4 is 4.90 Å². The van der Waals surface area contributed by atoms with E-state index in [1.807, 2.05) is 7.05 Å². The Morgan fingerprint density at radius 2 is 2.05 bits per heavy atom. The van der Waals surface area contributed by atoms with Crippen LogP contribution in [-0.4, -0.2) is 59.3 Å². The molecule has 0 saturated carbocycles. The summed E-state index contributed by atoms with van der Waals surface area (Å²) in [6, 6.07) is 1.27. The highest BCUT2D eigenvalue weighted by atomic mass is 19.4. The number of rotatable bonds is 5. The number of piperidine rings is 1. The van der Waals surface area contributed by atoms with Gasteiger partial charge in [-0.15, -0.1) is 0 Å². The minimum Gasteiger partial charge on any atom is -0.396 e. The van der Waals surface area contributed by atoms with E-state index in [2.05, 4.69) is 14.9 Å². The third-order valence-corrected chi connectivity index (χ3v) is 3.97. The van der Waals surface area contributed by atoms with Gasteiger partial charge in [0, 0.05) is 38.5 Å². The van der Waals surface area contributed by atoms with Gasteiger partial charge in [-0.25, -0.2) is 9.97 Å². The Labute approximate surface area is 127 Å². The summed E-state index contributed by atoms with van der Waals surface area (Å²) >= 11 is 0. The second-order valence-corrected chi connectivity index (χ2v) is 5.52. The first kappa shape index (κ1) is 17.0. The number of aromatic nitrogens is 2. The molecular weight excluding hydrogens is 297 g/mol. The third-order valence-electron chi connectivity index (χ3n) is 3.97. The summed E-state index contributed by atoms with van der Waals surface area (Å²) in [5, 5.41) is 8.85. The summed E-state index contributed by atoms with van der Waals surface area (Å²) in [7, 11) is 2.01. The number of halogens is 3. The van der Waals surface area contributed by atoms with Gasteiger partial charge in [-0.2, -0.15) is 13.2 Å². The predicted octanol–water partition coefficient (Wildman–Crippen LogP) is 1.78. The molecule has 8 heteroatoms. The fraction of sp³-hybridized carbons (Fsp3) is 0.714. The van der Waals surface area contributed by atoms with E-state index in [9.17, 15) is 13.2 Å². The smallest absolute Gasteiger partial charge is 0.396 e. The van der Waals surface area contributed by atoms with Crippen LogP contribution in [0.1, 0.15) is 25.0 Å². The Balaban J connectivity index is 1.94. The molecule has 1 aromatic heterocycles. The molecular formula is C14H21F3N4O. The van der Waals surface area contributed by atoms with Crippen LogP contribution >= 0.6 is 0 Å². The first-order valence-electron chi connectivity index (χ1n) is 7.38. The van der Waals surface area contributed by atoms with Gasteiger partial charge in [-0.3, -0.25) is 0 Å². The molecule has 0 aliphatic carbocycles. The van der Waals surface area contributed by atoms with Crippen molar-refractivity contribution in [3.05, 3.63) is 18.0 Å². The van der Waals surface area contributed by atoms with Gasteiger partial charge in [0.15, 0.2) is 0 Å². The fourth-order valence-corrected chi connectivity index (χ4v) is 2.67. The van der Waals surface area contributed by atoms with E-state index < -0.39 is 11.9 Å². The minimum absolute atomic E-state index is 0.145. The predicted molar refractivity (Wildman–Crippen MR) is 76.6 cm³/mol. The molecule has 22 heavy (non-hydrogen) atoms. The lowest BCUT2D eigenvalue weighted by Gasteiger charge is -2.36. The van der Waals surface area contributed by atoms with Gasteiger partial charge in [0.05, 0.1) is 0 Å². The molecule has 1 fully saturated rings. The molecule has 0 unspecified atom stereocenters. The zero-order valence-electron chi connectivity index (χ0n) is 12.6. The van der Waals surface area contributed by atoms with Crippen molar-refractivity contribution in [2.45, 2.75) is 31.5 Å². The Bertz CT molecular complexity index is 475. The van der Waals surface area contributed by atoms with Crippen molar-refractivity contribution in [3.8, 4) is 0 Å². The van der Waals surface area contributed by atoms with Crippen molar-refractivity contribution in [3.63, 3.8) is 0 Å². The van der Waals surface area contributed by atoms with Crippen LogP contribution in [0.4, 0.5) is 19.1 Å². The van der Waals surface area contributed by atoms with E-state index in [4.69, 9.17) is 5.11 Å². The van der Waals surface area contributed by atoms with E-state index in [0.29, 0.717) is 19.1 Å².